The summed E-state index contributed by atoms with van der Waals surface area (Å²) in [6, 6.07) is -0.620. The maximum Gasteiger partial charge on any atom is 0.408 e. The standard InChI is InChI=1S/C14H23N3O3/c1-9(2)12(18)11(6-10-7-15-8-16-10)17-13(19)20-14(3,4)5/h7-9,11H,6H2,1-5H3,(H,15,16)(H,17,19)/t11-/m0/s1. The van der Waals surface area contributed by atoms with Crippen LogP contribution >= 0.6 is 0 Å². The van der Waals surface area contributed by atoms with E-state index >= 15 is 0 Å². The van der Waals surface area contributed by atoms with E-state index in [2.05, 4.69) is 15.3 Å². The zero-order valence-corrected chi connectivity index (χ0v) is 12.7. The van der Waals surface area contributed by atoms with Gasteiger partial charge in [-0.3, -0.25) is 4.79 Å². The fourth-order valence-corrected chi connectivity index (χ4v) is 1.69. The van der Waals surface area contributed by atoms with Gasteiger partial charge in [-0.15, -0.1) is 0 Å². The predicted octanol–water partition coefficient (Wildman–Crippen LogP) is 2.07. The number of carbonyl (C=O) groups is 2. The number of aromatic amines is 1. The summed E-state index contributed by atoms with van der Waals surface area (Å²) in [5, 5.41) is 2.63. The summed E-state index contributed by atoms with van der Waals surface area (Å²) in [4.78, 5) is 30.8. The van der Waals surface area contributed by atoms with E-state index in [1.807, 2.05) is 0 Å². The van der Waals surface area contributed by atoms with Crippen molar-refractivity contribution in [3.05, 3.63) is 18.2 Å². The van der Waals surface area contributed by atoms with Crippen LogP contribution in [0.2, 0.25) is 0 Å². The molecule has 0 aliphatic carbocycles. The lowest BCUT2D eigenvalue weighted by atomic mass is 9.98. The molecule has 0 aliphatic heterocycles. The number of nitrogens with one attached hydrogen (secondary N) is 2. The smallest absolute Gasteiger partial charge is 0.408 e. The highest BCUT2D eigenvalue weighted by Gasteiger charge is 2.26. The summed E-state index contributed by atoms with van der Waals surface area (Å²) in [6.45, 7) is 8.94. The lowest BCUT2D eigenvalue weighted by Gasteiger charge is -2.23. The molecule has 0 fully saturated rings. The number of ether oxygens (including phenoxy) is 1. The number of Topliss-reactive ketones (excluding diaryl/α,β-unsaturated/α-hetero) is 1. The van der Waals surface area contributed by atoms with Crippen LogP contribution in [-0.4, -0.2) is 33.5 Å². The molecule has 0 saturated heterocycles. The largest absolute Gasteiger partial charge is 0.444 e. The molecule has 112 valence electrons. The summed E-state index contributed by atoms with van der Waals surface area (Å²) >= 11 is 0. The second kappa shape index (κ2) is 6.54. The Morgan fingerprint density at radius 1 is 1.40 bits per heavy atom. The summed E-state index contributed by atoms with van der Waals surface area (Å²) in [5.74, 6) is -0.205. The highest BCUT2D eigenvalue weighted by atomic mass is 16.6. The highest BCUT2D eigenvalue weighted by Crippen LogP contribution is 2.10. The van der Waals surface area contributed by atoms with Crippen LogP contribution in [0.3, 0.4) is 0 Å². The van der Waals surface area contributed by atoms with E-state index in [0.29, 0.717) is 6.42 Å². The third-order valence-electron chi connectivity index (χ3n) is 2.58. The van der Waals surface area contributed by atoms with Gasteiger partial charge in [-0.2, -0.15) is 0 Å². The Hall–Kier alpha value is -1.85. The third-order valence-corrected chi connectivity index (χ3v) is 2.58. The molecule has 2 N–H and O–H groups in total. The Kier molecular flexibility index (Phi) is 5.30. The monoisotopic (exact) mass is 281 g/mol. The molecule has 1 amide bonds. The van der Waals surface area contributed by atoms with Crippen molar-refractivity contribution < 1.29 is 14.3 Å². The minimum atomic E-state index is -0.620. The van der Waals surface area contributed by atoms with Gasteiger partial charge in [0, 0.05) is 24.2 Å². The first kappa shape index (κ1) is 16.2. The Bertz CT molecular complexity index is 447. The fraction of sp³-hybridized carbons (Fsp3) is 0.643. The number of carbonyl (C=O) groups excluding carboxylic acids is 2. The zero-order chi connectivity index (χ0) is 15.3. The van der Waals surface area contributed by atoms with Crippen LogP contribution in [0.25, 0.3) is 0 Å². The average molecular weight is 281 g/mol. The molecule has 0 spiro atoms. The van der Waals surface area contributed by atoms with Crippen LogP contribution in [0.4, 0.5) is 4.79 Å². The van der Waals surface area contributed by atoms with E-state index in [1.54, 1.807) is 47.1 Å². The minimum absolute atomic E-state index is 0.0366. The van der Waals surface area contributed by atoms with Crippen LogP contribution in [0.5, 0.6) is 0 Å². The van der Waals surface area contributed by atoms with Gasteiger partial charge in [0.05, 0.1) is 12.4 Å². The van der Waals surface area contributed by atoms with Gasteiger partial charge in [0.15, 0.2) is 5.78 Å². The predicted molar refractivity (Wildman–Crippen MR) is 75.3 cm³/mol. The van der Waals surface area contributed by atoms with Gasteiger partial charge in [0.2, 0.25) is 0 Å². The van der Waals surface area contributed by atoms with Gasteiger partial charge in [0.25, 0.3) is 0 Å². The summed E-state index contributed by atoms with van der Waals surface area (Å²) in [7, 11) is 0. The SMILES string of the molecule is CC(C)C(=O)[C@H](Cc1cnc[nH]1)NC(=O)OC(C)(C)C. The summed E-state index contributed by atoms with van der Waals surface area (Å²) < 4.78 is 5.19. The number of alkyl carbamates (subject to hydrolysis) is 1. The van der Waals surface area contributed by atoms with E-state index in [-0.39, 0.29) is 11.7 Å². The average Bonchev–Trinajstić information content (AvgIpc) is 2.77. The Morgan fingerprint density at radius 3 is 2.50 bits per heavy atom. The van der Waals surface area contributed by atoms with Gasteiger partial charge in [0.1, 0.15) is 5.60 Å². The Morgan fingerprint density at radius 2 is 2.05 bits per heavy atom. The number of H-pyrrole nitrogens is 1. The molecule has 0 bridgehead atoms. The normalized spacial score (nSPS) is 13.1. The Labute approximate surface area is 119 Å². The number of ketones is 1. The number of hydrogen-bond donors (Lipinski definition) is 2. The lowest BCUT2D eigenvalue weighted by Crippen LogP contribution is -2.46. The van der Waals surface area contributed by atoms with Gasteiger partial charge < -0.3 is 15.0 Å². The van der Waals surface area contributed by atoms with Crippen LogP contribution < -0.4 is 5.32 Å². The molecule has 1 aromatic heterocycles. The molecule has 0 saturated carbocycles. The van der Waals surface area contributed by atoms with E-state index in [9.17, 15) is 9.59 Å². The lowest BCUT2D eigenvalue weighted by molar-refractivity contribution is -0.124. The van der Waals surface area contributed by atoms with Crippen molar-refractivity contribution in [3.8, 4) is 0 Å². The molecular formula is C14H23N3O3. The first-order valence-corrected chi connectivity index (χ1v) is 6.69. The number of hydrogen-bond acceptors (Lipinski definition) is 4. The Balaban J connectivity index is 2.73. The second-order valence-electron chi connectivity index (χ2n) is 6.04. The van der Waals surface area contributed by atoms with E-state index < -0.39 is 17.7 Å². The van der Waals surface area contributed by atoms with Crippen molar-refractivity contribution >= 4 is 11.9 Å². The third kappa shape index (κ3) is 5.42. The van der Waals surface area contributed by atoms with Crippen LogP contribution in [-0.2, 0) is 16.0 Å². The molecular weight excluding hydrogens is 258 g/mol. The van der Waals surface area contributed by atoms with Gasteiger partial charge in [-0.05, 0) is 20.8 Å². The molecule has 0 radical (unpaired) electrons. The van der Waals surface area contributed by atoms with Gasteiger partial charge in [-0.25, -0.2) is 9.78 Å². The van der Waals surface area contributed by atoms with Crippen molar-refractivity contribution in [2.45, 2.75) is 52.7 Å². The molecule has 20 heavy (non-hydrogen) atoms. The molecule has 1 heterocycles. The molecule has 1 atom stereocenters. The van der Waals surface area contributed by atoms with Gasteiger partial charge in [-0.1, -0.05) is 13.8 Å². The topological polar surface area (TPSA) is 84.1 Å². The van der Waals surface area contributed by atoms with E-state index in [0.717, 1.165) is 5.69 Å². The number of nitrogens with zero attached hydrogens (tertiary/aromatic N) is 1. The van der Waals surface area contributed by atoms with Crippen LogP contribution in [0.1, 0.15) is 40.3 Å². The number of aromatic nitrogens is 2. The molecule has 6 heteroatoms. The molecule has 1 rings (SSSR count). The summed E-state index contributed by atoms with van der Waals surface area (Å²) in [6.07, 6.45) is 2.96. The van der Waals surface area contributed by atoms with Crippen LogP contribution in [0, 0.1) is 5.92 Å². The van der Waals surface area contributed by atoms with Crippen molar-refractivity contribution in [1.29, 1.82) is 0 Å². The first-order valence-electron chi connectivity index (χ1n) is 6.69. The highest BCUT2D eigenvalue weighted by molar-refractivity contribution is 5.89. The fourth-order valence-electron chi connectivity index (χ4n) is 1.69. The van der Waals surface area contributed by atoms with Crippen molar-refractivity contribution in [1.82, 2.24) is 15.3 Å². The van der Waals surface area contributed by atoms with E-state index in [4.69, 9.17) is 4.74 Å². The molecule has 1 aromatic rings. The number of amides is 1. The van der Waals surface area contributed by atoms with Crippen LogP contribution in [0.15, 0.2) is 12.5 Å². The van der Waals surface area contributed by atoms with Crippen molar-refractivity contribution in [2.75, 3.05) is 0 Å². The molecule has 6 nitrogen and oxygen atoms in total. The van der Waals surface area contributed by atoms with Gasteiger partial charge >= 0.3 is 6.09 Å². The number of rotatable bonds is 5. The minimum Gasteiger partial charge on any atom is -0.444 e. The second-order valence-corrected chi connectivity index (χ2v) is 6.04. The van der Waals surface area contributed by atoms with Crippen molar-refractivity contribution in [3.63, 3.8) is 0 Å². The van der Waals surface area contributed by atoms with Crippen molar-refractivity contribution in [2.24, 2.45) is 5.92 Å². The molecule has 0 aromatic carbocycles. The molecule has 0 aliphatic rings. The molecule has 0 unspecified atom stereocenters. The maximum atomic E-state index is 12.2. The number of imidazole rings is 1. The quantitative estimate of drug-likeness (QED) is 0.865. The zero-order valence-electron chi connectivity index (χ0n) is 12.7. The summed E-state index contributed by atoms with van der Waals surface area (Å²) in [5.41, 5.74) is 0.198. The maximum absolute atomic E-state index is 12.2. The van der Waals surface area contributed by atoms with E-state index in [1.165, 1.54) is 0 Å². The first-order chi connectivity index (χ1) is 9.19.